The molecule has 1 heterocycles. The van der Waals surface area contributed by atoms with Crippen LogP contribution in [-0.2, 0) is 0 Å². The van der Waals surface area contributed by atoms with E-state index in [1.165, 1.54) is 45.2 Å². The average molecular weight is 238 g/mol. The van der Waals surface area contributed by atoms with Crippen molar-refractivity contribution in [3.05, 3.63) is 0 Å². The highest BCUT2D eigenvalue weighted by molar-refractivity contribution is 4.86. The number of rotatable bonds is 2. The van der Waals surface area contributed by atoms with Gasteiger partial charge >= 0.3 is 0 Å². The van der Waals surface area contributed by atoms with Crippen molar-refractivity contribution in [2.24, 2.45) is 23.5 Å². The largest absolute Gasteiger partial charge is 0.328 e. The second-order valence-corrected chi connectivity index (χ2v) is 6.68. The highest BCUT2D eigenvalue weighted by Crippen LogP contribution is 2.34. The number of piperidine rings is 1. The van der Waals surface area contributed by atoms with Crippen molar-refractivity contribution >= 4 is 0 Å². The van der Waals surface area contributed by atoms with Gasteiger partial charge in [0.05, 0.1) is 0 Å². The van der Waals surface area contributed by atoms with Gasteiger partial charge in [0.1, 0.15) is 0 Å². The number of likely N-dealkylation sites (tertiary alicyclic amines) is 1. The number of hydrogen-bond acceptors (Lipinski definition) is 2. The summed E-state index contributed by atoms with van der Waals surface area (Å²) in [6.45, 7) is 9.60. The Morgan fingerprint density at radius 3 is 2.53 bits per heavy atom. The Balaban J connectivity index is 1.89. The van der Waals surface area contributed by atoms with Crippen molar-refractivity contribution in [3.63, 3.8) is 0 Å². The van der Waals surface area contributed by atoms with Gasteiger partial charge in [-0.2, -0.15) is 0 Å². The van der Waals surface area contributed by atoms with Gasteiger partial charge in [0.25, 0.3) is 0 Å². The second-order valence-electron chi connectivity index (χ2n) is 6.68. The molecule has 1 aliphatic carbocycles. The van der Waals surface area contributed by atoms with Gasteiger partial charge in [0.2, 0.25) is 0 Å². The van der Waals surface area contributed by atoms with E-state index in [2.05, 4.69) is 25.7 Å². The second kappa shape index (κ2) is 5.71. The molecule has 2 nitrogen and oxygen atoms in total. The summed E-state index contributed by atoms with van der Waals surface area (Å²) in [5, 5.41) is 0. The Kier molecular flexibility index (Phi) is 4.48. The zero-order valence-electron chi connectivity index (χ0n) is 11.9. The van der Waals surface area contributed by atoms with Crippen LogP contribution >= 0.6 is 0 Å². The molecular weight excluding hydrogens is 208 g/mol. The highest BCUT2D eigenvalue weighted by Gasteiger charge is 2.32. The van der Waals surface area contributed by atoms with Crippen LogP contribution in [0.2, 0.25) is 0 Å². The molecule has 0 radical (unpaired) electrons. The van der Waals surface area contributed by atoms with Crippen LogP contribution in [0.25, 0.3) is 0 Å². The molecule has 0 aromatic carbocycles. The molecule has 1 saturated carbocycles. The third-order valence-corrected chi connectivity index (χ3v) is 5.32. The Bertz CT molecular complexity index is 239. The van der Waals surface area contributed by atoms with Gasteiger partial charge < -0.3 is 10.6 Å². The zero-order chi connectivity index (χ0) is 12.4. The summed E-state index contributed by atoms with van der Waals surface area (Å²) in [5.41, 5.74) is 6.08. The van der Waals surface area contributed by atoms with E-state index < -0.39 is 0 Å². The minimum atomic E-state index is 0.373. The van der Waals surface area contributed by atoms with Crippen molar-refractivity contribution in [1.82, 2.24) is 4.90 Å². The number of nitrogens with two attached hydrogens (primary N) is 1. The molecular formula is C15H30N2. The third kappa shape index (κ3) is 3.23. The summed E-state index contributed by atoms with van der Waals surface area (Å²) in [6, 6.07) is 1.22. The van der Waals surface area contributed by atoms with Gasteiger partial charge in [0.15, 0.2) is 0 Å². The summed E-state index contributed by atoms with van der Waals surface area (Å²) in [6.07, 6.45) is 6.94. The van der Waals surface area contributed by atoms with E-state index in [-0.39, 0.29) is 0 Å². The maximum atomic E-state index is 6.08. The van der Waals surface area contributed by atoms with E-state index in [0.29, 0.717) is 6.04 Å². The van der Waals surface area contributed by atoms with Gasteiger partial charge in [-0.1, -0.05) is 13.8 Å². The Labute approximate surface area is 107 Å². The molecule has 0 aromatic heterocycles. The molecule has 0 bridgehead atoms. The summed E-state index contributed by atoms with van der Waals surface area (Å²) in [4.78, 5) is 2.75. The van der Waals surface area contributed by atoms with Crippen LogP contribution in [-0.4, -0.2) is 30.1 Å². The molecule has 1 saturated heterocycles. The van der Waals surface area contributed by atoms with E-state index in [1.807, 2.05) is 0 Å². The molecule has 5 unspecified atom stereocenters. The van der Waals surface area contributed by atoms with Crippen molar-refractivity contribution in [2.45, 2.75) is 65.0 Å². The molecule has 2 aliphatic rings. The Hall–Kier alpha value is -0.0800. The van der Waals surface area contributed by atoms with Gasteiger partial charge in [0, 0.05) is 18.6 Å². The van der Waals surface area contributed by atoms with Crippen molar-refractivity contribution < 1.29 is 0 Å². The fourth-order valence-corrected chi connectivity index (χ4v) is 3.65. The van der Waals surface area contributed by atoms with Crippen LogP contribution in [0.1, 0.15) is 52.9 Å². The first kappa shape index (κ1) is 13.4. The lowest BCUT2D eigenvalue weighted by atomic mass is 9.77. The first-order valence-corrected chi connectivity index (χ1v) is 7.57. The Morgan fingerprint density at radius 1 is 1.12 bits per heavy atom. The van der Waals surface area contributed by atoms with Crippen LogP contribution in [0.5, 0.6) is 0 Å². The monoisotopic (exact) mass is 238 g/mol. The zero-order valence-corrected chi connectivity index (χ0v) is 11.9. The van der Waals surface area contributed by atoms with Crippen LogP contribution in [0, 0.1) is 17.8 Å². The van der Waals surface area contributed by atoms with Crippen LogP contribution in [0.15, 0.2) is 0 Å². The fraction of sp³-hybridized carbons (Fsp3) is 1.00. The van der Waals surface area contributed by atoms with Gasteiger partial charge in [-0.15, -0.1) is 0 Å². The molecule has 0 spiro atoms. The predicted octanol–water partition coefficient (Wildman–Crippen LogP) is 2.87. The predicted molar refractivity (Wildman–Crippen MR) is 73.9 cm³/mol. The lowest BCUT2D eigenvalue weighted by Crippen LogP contribution is -2.48. The van der Waals surface area contributed by atoms with E-state index >= 15 is 0 Å². The topological polar surface area (TPSA) is 29.3 Å². The summed E-state index contributed by atoms with van der Waals surface area (Å²) >= 11 is 0. The summed E-state index contributed by atoms with van der Waals surface area (Å²) < 4.78 is 0. The van der Waals surface area contributed by atoms with Crippen LogP contribution < -0.4 is 5.73 Å². The van der Waals surface area contributed by atoms with E-state index in [0.717, 1.165) is 23.8 Å². The van der Waals surface area contributed by atoms with Crippen molar-refractivity contribution in [3.8, 4) is 0 Å². The SMILES string of the molecule is CC(N)C1CCCN(C2CCC(C)C(C)C2)C1. The molecule has 100 valence electrons. The average Bonchev–Trinajstić information content (AvgIpc) is 2.33. The lowest BCUT2D eigenvalue weighted by Gasteiger charge is -2.43. The van der Waals surface area contributed by atoms with Crippen LogP contribution in [0.3, 0.4) is 0 Å². The van der Waals surface area contributed by atoms with Gasteiger partial charge in [-0.25, -0.2) is 0 Å². The standard InChI is InChI=1S/C15H30N2/c1-11-6-7-15(9-12(11)2)17-8-4-5-14(10-17)13(3)16/h11-15H,4-10,16H2,1-3H3. The smallest absolute Gasteiger partial charge is 0.00981 e. The molecule has 2 rings (SSSR count). The quantitative estimate of drug-likeness (QED) is 0.801. The van der Waals surface area contributed by atoms with E-state index in [9.17, 15) is 0 Å². The molecule has 2 N–H and O–H groups in total. The highest BCUT2D eigenvalue weighted by atomic mass is 15.2. The normalized spacial score (nSPS) is 42.4. The Morgan fingerprint density at radius 2 is 1.88 bits per heavy atom. The maximum Gasteiger partial charge on any atom is 0.00981 e. The first-order valence-electron chi connectivity index (χ1n) is 7.57. The molecule has 2 fully saturated rings. The molecule has 5 atom stereocenters. The lowest BCUT2D eigenvalue weighted by molar-refractivity contribution is 0.0646. The number of nitrogens with zero attached hydrogens (tertiary/aromatic N) is 1. The number of hydrogen-bond donors (Lipinski definition) is 1. The molecule has 2 heteroatoms. The minimum absolute atomic E-state index is 0.373. The minimum Gasteiger partial charge on any atom is -0.328 e. The van der Waals surface area contributed by atoms with Gasteiger partial charge in [-0.3, -0.25) is 0 Å². The first-order chi connectivity index (χ1) is 8.08. The molecule has 0 aromatic rings. The molecule has 17 heavy (non-hydrogen) atoms. The van der Waals surface area contributed by atoms with E-state index in [1.54, 1.807) is 0 Å². The summed E-state index contributed by atoms with van der Waals surface area (Å²) in [5.74, 6) is 2.57. The van der Waals surface area contributed by atoms with E-state index in [4.69, 9.17) is 5.73 Å². The van der Waals surface area contributed by atoms with Gasteiger partial charge in [-0.05, 0) is 63.3 Å². The molecule has 0 amide bonds. The third-order valence-electron chi connectivity index (χ3n) is 5.32. The van der Waals surface area contributed by atoms with Crippen LogP contribution in [0.4, 0.5) is 0 Å². The molecule has 1 aliphatic heterocycles. The maximum absolute atomic E-state index is 6.08. The summed E-state index contributed by atoms with van der Waals surface area (Å²) in [7, 11) is 0. The van der Waals surface area contributed by atoms with Crippen molar-refractivity contribution in [1.29, 1.82) is 0 Å². The van der Waals surface area contributed by atoms with Crippen molar-refractivity contribution in [2.75, 3.05) is 13.1 Å². The fourth-order valence-electron chi connectivity index (χ4n) is 3.65.